The van der Waals surface area contributed by atoms with Crippen molar-refractivity contribution in [2.24, 2.45) is 7.05 Å². The molecule has 0 amide bonds. The van der Waals surface area contributed by atoms with E-state index in [-0.39, 0.29) is 0 Å². The Hall–Kier alpha value is -3.64. The molecule has 3 aromatic carbocycles. The highest BCUT2D eigenvalue weighted by Gasteiger charge is 2.11. The topological polar surface area (TPSA) is 41.6 Å². The number of hydrogen-bond donors (Lipinski definition) is 0. The predicted octanol–water partition coefficient (Wildman–Crippen LogP) is 5.73. The number of aryl methyl sites for hydroxylation is 2. The molecule has 0 N–H and O–H groups in total. The molecule has 4 aromatic rings. The fraction of sp³-hybridized carbons (Fsp3) is 0.0833. The van der Waals surface area contributed by atoms with Crippen LogP contribution in [-0.4, -0.2) is 9.78 Å². The standard InChI is InChI=1S/C24H19N3/c1-4-17-5-9-22(19-8-10-24-21(13-19)15-27(3)26-24)23(12-17)18-6-7-20(14-25)16(2)11-18/h4-13,15H,1H2,2-3H3. The average molecular weight is 349 g/mol. The number of nitriles is 1. The average Bonchev–Trinajstić information content (AvgIpc) is 3.06. The molecule has 0 fully saturated rings. The van der Waals surface area contributed by atoms with E-state index in [4.69, 9.17) is 0 Å². The van der Waals surface area contributed by atoms with E-state index >= 15 is 0 Å². The van der Waals surface area contributed by atoms with Crippen LogP contribution in [0.4, 0.5) is 0 Å². The molecule has 27 heavy (non-hydrogen) atoms. The summed E-state index contributed by atoms with van der Waals surface area (Å²) in [6.07, 6.45) is 3.89. The van der Waals surface area contributed by atoms with E-state index in [1.807, 2.05) is 43.1 Å². The molecule has 0 atom stereocenters. The van der Waals surface area contributed by atoms with Gasteiger partial charge in [0.2, 0.25) is 0 Å². The zero-order valence-corrected chi connectivity index (χ0v) is 15.4. The first-order chi connectivity index (χ1) is 13.1. The van der Waals surface area contributed by atoms with Crippen LogP contribution in [0.15, 0.2) is 67.4 Å². The first kappa shape index (κ1) is 16.8. The SMILES string of the molecule is C=Cc1ccc(-c2ccc3nn(C)cc3c2)c(-c2ccc(C#N)c(C)c2)c1. The van der Waals surface area contributed by atoms with Crippen molar-refractivity contribution < 1.29 is 0 Å². The lowest BCUT2D eigenvalue weighted by Gasteiger charge is -2.13. The summed E-state index contributed by atoms with van der Waals surface area (Å²) in [7, 11) is 1.93. The molecular formula is C24H19N3. The van der Waals surface area contributed by atoms with Crippen molar-refractivity contribution in [3.05, 3.63) is 84.1 Å². The highest BCUT2D eigenvalue weighted by Crippen LogP contribution is 2.35. The third-order valence-corrected chi connectivity index (χ3v) is 4.87. The molecule has 1 heterocycles. The van der Waals surface area contributed by atoms with E-state index in [0.29, 0.717) is 5.56 Å². The molecule has 4 rings (SSSR count). The zero-order valence-electron chi connectivity index (χ0n) is 15.4. The maximum atomic E-state index is 9.23. The number of benzene rings is 3. The van der Waals surface area contributed by atoms with Gasteiger partial charge in [0.1, 0.15) is 0 Å². The summed E-state index contributed by atoms with van der Waals surface area (Å²) >= 11 is 0. The number of nitrogens with zero attached hydrogens (tertiary/aromatic N) is 3. The van der Waals surface area contributed by atoms with Crippen molar-refractivity contribution in [2.75, 3.05) is 0 Å². The van der Waals surface area contributed by atoms with E-state index in [1.165, 1.54) is 0 Å². The highest BCUT2D eigenvalue weighted by atomic mass is 15.2. The van der Waals surface area contributed by atoms with Gasteiger partial charge in [-0.25, -0.2) is 0 Å². The third-order valence-electron chi connectivity index (χ3n) is 4.87. The second kappa shape index (κ2) is 6.59. The quantitative estimate of drug-likeness (QED) is 0.474. The van der Waals surface area contributed by atoms with Crippen LogP contribution >= 0.6 is 0 Å². The minimum Gasteiger partial charge on any atom is -0.275 e. The van der Waals surface area contributed by atoms with Gasteiger partial charge in [0.25, 0.3) is 0 Å². The van der Waals surface area contributed by atoms with Crippen LogP contribution in [0.2, 0.25) is 0 Å². The zero-order chi connectivity index (χ0) is 19.0. The second-order valence-electron chi connectivity index (χ2n) is 6.73. The van der Waals surface area contributed by atoms with Crippen LogP contribution in [0.5, 0.6) is 0 Å². The fourth-order valence-corrected chi connectivity index (χ4v) is 3.45. The lowest BCUT2D eigenvalue weighted by molar-refractivity contribution is 0.780. The van der Waals surface area contributed by atoms with Gasteiger partial charge in [0, 0.05) is 18.6 Å². The Labute approximate surface area is 158 Å². The first-order valence-corrected chi connectivity index (χ1v) is 8.80. The Kier molecular flexibility index (Phi) is 4.10. The van der Waals surface area contributed by atoms with E-state index in [2.05, 4.69) is 60.2 Å². The maximum Gasteiger partial charge on any atom is 0.0994 e. The van der Waals surface area contributed by atoms with Gasteiger partial charge in [-0.3, -0.25) is 4.68 Å². The van der Waals surface area contributed by atoms with Gasteiger partial charge in [-0.05, 0) is 64.6 Å². The summed E-state index contributed by atoms with van der Waals surface area (Å²) in [5.41, 5.74) is 8.25. The monoisotopic (exact) mass is 349 g/mol. The van der Waals surface area contributed by atoms with Crippen molar-refractivity contribution in [3.8, 4) is 28.3 Å². The van der Waals surface area contributed by atoms with Crippen LogP contribution in [-0.2, 0) is 7.05 Å². The van der Waals surface area contributed by atoms with Crippen LogP contribution in [0, 0.1) is 18.3 Å². The Balaban J connectivity index is 1.93. The minimum atomic E-state index is 0.706. The lowest BCUT2D eigenvalue weighted by atomic mass is 9.91. The van der Waals surface area contributed by atoms with Crippen molar-refractivity contribution in [1.29, 1.82) is 5.26 Å². The molecule has 0 unspecified atom stereocenters. The highest BCUT2D eigenvalue weighted by molar-refractivity contribution is 5.90. The van der Waals surface area contributed by atoms with Crippen LogP contribution in [0.1, 0.15) is 16.7 Å². The number of rotatable bonds is 3. The van der Waals surface area contributed by atoms with E-state index in [1.54, 1.807) is 0 Å². The van der Waals surface area contributed by atoms with Crippen LogP contribution < -0.4 is 0 Å². The number of fused-ring (bicyclic) bond motifs is 1. The van der Waals surface area contributed by atoms with Gasteiger partial charge in [0.05, 0.1) is 17.1 Å². The fourth-order valence-electron chi connectivity index (χ4n) is 3.45. The van der Waals surface area contributed by atoms with Crippen molar-refractivity contribution in [1.82, 2.24) is 9.78 Å². The molecule has 0 aliphatic heterocycles. The molecule has 0 radical (unpaired) electrons. The molecule has 0 spiro atoms. The summed E-state index contributed by atoms with van der Waals surface area (Å²) in [6, 6.07) is 20.9. The third kappa shape index (κ3) is 3.02. The molecule has 0 aliphatic rings. The van der Waals surface area contributed by atoms with E-state index < -0.39 is 0 Å². The number of aromatic nitrogens is 2. The van der Waals surface area contributed by atoms with Crippen LogP contribution in [0.3, 0.4) is 0 Å². The smallest absolute Gasteiger partial charge is 0.0994 e. The summed E-state index contributed by atoms with van der Waals surface area (Å²) in [4.78, 5) is 0. The largest absolute Gasteiger partial charge is 0.275 e. The van der Waals surface area contributed by atoms with Crippen LogP contribution in [0.25, 0.3) is 39.2 Å². The molecule has 0 aliphatic carbocycles. The van der Waals surface area contributed by atoms with Crippen molar-refractivity contribution in [2.45, 2.75) is 6.92 Å². The molecule has 130 valence electrons. The summed E-state index contributed by atoms with van der Waals surface area (Å²) in [5, 5.41) is 14.8. The summed E-state index contributed by atoms with van der Waals surface area (Å²) < 4.78 is 1.83. The van der Waals surface area contributed by atoms with E-state index in [9.17, 15) is 5.26 Å². The Morgan fingerprint density at radius 3 is 2.52 bits per heavy atom. The Bertz CT molecular complexity index is 1220. The Morgan fingerprint density at radius 2 is 1.78 bits per heavy atom. The molecule has 0 saturated heterocycles. The van der Waals surface area contributed by atoms with Gasteiger partial charge >= 0.3 is 0 Å². The molecule has 0 bridgehead atoms. The van der Waals surface area contributed by atoms with Crippen molar-refractivity contribution in [3.63, 3.8) is 0 Å². The molecule has 0 saturated carbocycles. The van der Waals surface area contributed by atoms with Gasteiger partial charge in [-0.2, -0.15) is 10.4 Å². The van der Waals surface area contributed by atoms with Crippen molar-refractivity contribution >= 4 is 17.0 Å². The van der Waals surface area contributed by atoms with Gasteiger partial charge in [-0.15, -0.1) is 0 Å². The van der Waals surface area contributed by atoms with Gasteiger partial charge in [0.15, 0.2) is 0 Å². The number of hydrogen-bond acceptors (Lipinski definition) is 2. The second-order valence-corrected chi connectivity index (χ2v) is 6.73. The summed E-state index contributed by atoms with van der Waals surface area (Å²) in [5.74, 6) is 0. The molecular weight excluding hydrogens is 330 g/mol. The minimum absolute atomic E-state index is 0.706. The Morgan fingerprint density at radius 1 is 1.00 bits per heavy atom. The molecule has 1 aromatic heterocycles. The normalized spacial score (nSPS) is 10.7. The lowest BCUT2D eigenvalue weighted by Crippen LogP contribution is -1.89. The van der Waals surface area contributed by atoms with E-state index in [0.717, 1.165) is 44.3 Å². The predicted molar refractivity (Wildman–Crippen MR) is 111 cm³/mol. The summed E-state index contributed by atoms with van der Waals surface area (Å²) in [6.45, 7) is 5.88. The molecule has 3 nitrogen and oxygen atoms in total. The molecule has 3 heteroatoms. The van der Waals surface area contributed by atoms with Gasteiger partial charge < -0.3 is 0 Å². The maximum absolute atomic E-state index is 9.23. The first-order valence-electron chi connectivity index (χ1n) is 8.80. The van der Waals surface area contributed by atoms with Gasteiger partial charge in [-0.1, -0.05) is 43.0 Å².